The van der Waals surface area contributed by atoms with Crippen molar-refractivity contribution in [2.45, 2.75) is 252 Å². The minimum atomic E-state index is 0.165. The molecule has 4 saturated carbocycles. The summed E-state index contributed by atoms with van der Waals surface area (Å²) in [6, 6.07) is 0. The van der Waals surface area contributed by atoms with E-state index >= 15 is 0 Å². The zero-order chi connectivity index (χ0) is 44.7. The van der Waals surface area contributed by atoms with Crippen LogP contribution in [0.4, 0.5) is 0 Å². The van der Waals surface area contributed by atoms with Gasteiger partial charge in [-0.25, -0.2) is 0 Å². The molecule has 0 aromatic carbocycles. The third-order valence-corrected chi connectivity index (χ3v) is 17.9. The average Bonchev–Trinajstić information content (AvgIpc) is 3.62. The van der Waals surface area contributed by atoms with Crippen LogP contribution in [0.25, 0.3) is 0 Å². The molecule has 7 nitrogen and oxygen atoms in total. The van der Waals surface area contributed by atoms with Crippen molar-refractivity contribution in [2.24, 2.45) is 57.8 Å². The van der Waals surface area contributed by atoms with Crippen molar-refractivity contribution in [1.82, 2.24) is 10.6 Å². The molecule has 3 unspecified atom stereocenters. The number of nitrogens with one attached hydrogen (secondary N) is 2. The largest absolute Gasteiger partial charge is 0.378 e. The molecule has 7 heteroatoms. The monoisotopic (exact) mass is 873 g/mol. The molecule has 62 heavy (non-hydrogen) atoms. The van der Waals surface area contributed by atoms with Gasteiger partial charge in [0.05, 0.1) is 18.3 Å². The highest BCUT2D eigenvalue weighted by molar-refractivity contribution is 5.15. The average molecular weight is 873 g/mol. The van der Waals surface area contributed by atoms with E-state index in [1.807, 2.05) is 0 Å². The van der Waals surface area contributed by atoms with E-state index in [0.29, 0.717) is 72.3 Å². The van der Waals surface area contributed by atoms with Crippen LogP contribution >= 0.6 is 0 Å². The second-order valence-electron chi connectivity index (χ2n) is 22.4. The lowest BCUT2D eigenvalue weighted by Crippen LogP contribution is -2.63. The number of hydrogen-bond acceptors (Lipinski definition) is 7. The molecule has 0 bridgehead atoms. The van der Waals surface area contributed by atoms with Crippen LogP contribution in [0, 0.1) is 46.3 Å². The lowest BCUT2D eigenvalue weighted by Gasteiger charge is -2.65. The molecule has 0 saturated heterocycles. The molecule has 0 amide bonds. The van der Waals surface area contributed by atoms with Crippen LogP contribution < -0.4 is 22.1 Å². The van der Waals surface area contributed by atoms with Gasteiger partial charge in [0.1, 0.15) is 0 Å². The van der Waals surface area contributed by atoms with Gasteiger partial charge in [0.15, 0.2) is 0 Å². The topological polar surface area (TPSA) is 104 Å². The molecule has 366 valence electrons. The summed E-state index contributed by atoms with van der Waals surface area (Å²) in [5.74, 6) is 3.89. The quantitative estimate of drug-likeness (QED) is 0.0465. The van der Waals surface area contributed by atoms with Gasteiger partial charge in [0.25, 0.3) is 0 Å². The Balaban J connectivity index is 1.42. The fourth-order valence-corrected chi connectivity index (χ4v) is 14.1. The molecule has 0 heterocycles. The van der Waals surface area contributed by atoms with Crippen LogP contribution in [-0.2, 0) is 14.2 Å². The standard InChI is InChI=1S/C55H108N4O3/c1-8-11-14-16-18-21-37-59-53(5,30-19-13-10-3)31-22-26-44(4)47-27-28-48-52-49(43-51(55(47,48)7)62-39-24-34-57)54(6)32-29-46(41-45(54)42-50(52)61-38-23-33-56)60-40-25-36-58-35-20-17-15-12-9-2/h44-52,58-59H,8-43,56-57H2,1-7H3/t44-,45?,46-,47-,48+,49+,50-,51+,52?,53?,54+,55-/m1/s1. The predicted octanol–water partition coefficient (Wildman–Crippen LogP) is 12.8. The summed E-state index contributed by atoms with van der Waals surface area (Å²) >= 11 is 0. The van der Waals surface area contributed by atoms with E-state index in [0.717, 1.165) is 52.2 Å². The molecule has 12 atom stereocenters. The molecule has 0 aromatic heterocycles. The van der Waals surface area contributed by atoms with Crippen LogP contribution in [0.15, 0.2) is 0 Å². The van der Waals surface area contributed by atoms with Crippen LogP contribution in [0.1, 0.15) is 228 Å². The molecule has 4 aliphatic carbocycles. The van der Waals surface area contributed by atoms with Crippen molar-refractivity contribution in [3.8, 4) is 0 Å². The predicted molar refractivity (Wildman–Crippen MR) is 266 cm³/mol. The lowest BCUT2D eigenvalue weighted by molar-refractivity contribution is -0.227. The lowest BCUT2D eigenvalue weighted by atomic mass is 9.43. The zero-order valence-corrected chi connectivity index (χ0v) is 42.5. The van der Waals surface area contributed by atoms with E-state index in [1.165, 1.54) is 167 Å². The summed E-state index contributed by atoms with van der Waals surface area (Å²) in [5.41, 5.74) is 12.9. The minimum Gasteiger partial charge on any atom is -0.378 e. The van der Waals surface area contributed by atoms with Crippen LogP contribution in [0.3, 0.4) is 0 Å². The molecular formula is C55H108N4O3. The first-order valence-electron chi connectivity index (χ1n) is 27.8. The molecule has 6 N–H and O–H groups in total. The number of ether oxygens (including phenoxy) is 3. The van der Waals surface area contributed by atoms with E-state index in [4.69, 9.17) is 25.7 Å². The fourth-order valence-electron chi connectivity index (χ4n) is 14.1. The van der Waals surface area contributed by atoms with Crippen LogP contribution in [0.5, 0.6) is 0 Å². The Labute approximate surface area is 386 Å². The highest BCUT2D eigenvalue weighted by Crippen LogP contribution is 2.69. The van der Waals surface area contributed by atoms with E-state index < -0.39 is 0 Å². The molecule has 0 aromatic rings. The van der Waals surface area contributed by atoms with Crippen molar-refractivity contribution in [1.29, 1.82) is 0 Å². The summed E-state index contributed by atoms with van der Waals surface area (Å²) in [6.07, 6.45) is 36.9. The first-order valence-corrected chi connectivity index (χ1v) is 27.8. The normalized spacial score (nSPS) is 32.3. The highest BCUT2D eigenvalue weighted by atomic mass is 16.5. The van der Waals surface area contributed by atoms with Crippen LogP contribution in [-0.4, -0.2) is 76.4 Å². The Morgan fingerprint density at radius 2 is 1.24 bits per heavy atom. The SMILES string of the molecule is CCCCCCCCNC(C)(CCCCC)CCC[C@@H](C)[C@H]1CC[C@H]2C3[C@H](OCCCN)CC4C[C@H](OCCCNCCCCCCC)CC[C@]4(C)[C@H]3C[C@H](OCCCN)[C@]12C. The molecule has 0 aliphatic heterocycles. The van der Waals surface area contributed by atoms with Gasteiger partial charge >= 0.3 is 0 Å². The third-order valence-electron chi connectivity index (χ3n) is 17.9. The van der Waals surface area contributed by atoms with E-state index in [1.54, 1.807) is 0 Å². The molecule has 4 fully saturated rings. The summed E-state index contributed by atoms with van der Waals surface area (Å²) < 4.78 is 21.0. The van der Waals surface area contributed by atoms with Crippen molar-refractivity contribution in [3.63, 3.8) is 0 Å². The Hall–Kier alpha value is -0.280. The van der Waals surface area contributed by atoms with Gasteiger partial charge in [-0.05, 0) is 170 Å². The van der Waals surface area contributed by atoms with Gasteiger partial charge in [-0.2, -0.15) is 0 Å². The molecule has 4 rings (SSSR count). The summed E-state index contributed by atoms with van der Waals surface area (Å²) in [5, 5.41) is 7.80. The molecule has 0 spiro atoms. The Morgan fingerprint density at radius 3 is 1.95 bits per heavy atom. The molecule has 4 aliphatic rings. The summed E-state index contributed by atoms with van der Waals surface area (Å²) in [4.78, 5) is 0. The van der Waals surface area contributed by atoms with Gasteiger partial charge in [0.2, 0.25) is 0 Å². The van der Waals surface area contributed by atoms with Gasteiger partial charge in [-0.15, -0.1) is 0 Å². The van der Waals surface area contributed by atoms with Gasteiger partial charge in [-0.3, -0.25) is 0 Å². The number of hydrogen-bond donors (Lipinski definition) is 4. The highest BCUT2D eigenvalue weighted by Gasteiger charge is 2.66. The first-order chi connectivity index (χ1) is 30.1. The van der Waals surface area contributed by atoms with Gasteiger partial charge < -0.3 is 36.3 Å². The molecule has 0 radical (unpaired) electrons. The second kappa shape index (κ2) is 29.5. The van der Waals surface area contributed by atoms with Gasteiger partial charge in [-0.1, -0.05) is 131 Å². The van der Waals surface area contributed by atoms with E-state index in [-0.39, 0.29) is 11.0 Å². The van der Waals surface area contributed by atoms with Crippen molar-refractivity contribution in [2.75, 3.05) is 52.5 Å². The second-order valence-corrected chi connectivity index (χ2v) is 22.4. The van der Waals surface area contributed by atoms with Crippen molar-refractivity contribution >= 4 is 0 Å². The fraction of sp³-hybridized carbons (Fsp3) is 1.00. The number of fused-ring (bicyclic) bond motifs is 5. The summed E-state index contributed by atoms with van der Waals surface area (Å²) in [7, 11) is 0. The Bertz CT molecular complexity index is 1140. The number of rotatable bonds is 36. The number of unbranched alkanes of at least 4 members (excludes halogenated alkanes) is 11. The zero-order valence-electron chi connectivity index (χ0n) is 42.5. The maximum atomic E-state index is 7.19. The van der Waals surface area contributed by atoms with Gasteiger partial charge in [0, 0.05) is 30.8 Å². The van der Waals surface area contributed by atoms with Crippen LogP contribution in [0.2, 0.25) is 0 Å². The number of nitrogens with two attached hydrogens (primary N) is 2. The third kappa shape index (κ3) is 15.9. The van der Waals surface area contributed by atoms with Crippen molar-refractivity contribution in [3.05, 3.63) is 0 Å². The smallest absolute Gasteiger partial charge is 0.0637 e. The molecular weight excluding hydrogens is 765 g/mol. The maximum Gasteiger partial charge on any atom is 0.0637 e. The minimum absolute atomic E-state index is 0.165. The Kier molecular flexibility index (Phi) is 25.8. The van der Waals surface area contributed by atoms with E-state index in [2.05, 4.69) is 59.1 Å². The summed E-state index contributed by atoms with van der Waals surface area (Å²) in [6.45, 7) is 24.8. The Morgan fingerprint density at radius 1 is 0.629 bits per heavy atom. The van der Waals surface area contributed by atoms with Crippen molar-refractivity contribution < 1.29 is 14.2 Å². The van der Waals surface area contributed by atoms with E-state index in [9.17, 15) is 0 Å². The first kappa shape index (κ1) is 54.3. The maximum absolute atomic E-state index is 7.19.